The van der Waals surface area contributed by atoms with E-state index in [4.69, 9.17) is 0 Å². The number of aryl methyl sites for hydroxylation is 1. The van der Waals surface area contributed by atoms with Crippen molar-refractivity contribution in [1.29, 1.82) is 0 Å². The van der Waals surface area contributed by atoms with E-state index < -0.39 is 0 Å². The largest absolute Gasteiger partial charge is 0.323 e. The molecular weight excluding hydrogens is 252 g/mol. The van der Waals surface area contributed by atoms with Gasteiger partial charge in [0.2, 0.25) is 0 Å². The van der Waals surface area contributed by atoms with Gasteiger partial charge in [0.25, 0.3) is 0 Å². The molecule has 100 valence electrons. The fraction of sp³-hybridized carbons (Fsp3) is 0.125. The Morgan fingerprint density at radius 2 is 1.85 bits per heavy atom. The molecule has 0 atom stereocenters. The van der Waals surface area contributed by atoms with Crippen LogP contribution in [0.25, 0.3) is 11.0 Å². The van der Waals surface area contributed by atoms with E-state index in [2.05, 4.69) is 9.97 Å². The van der Waals surface area contributed by atoms with Crippen LogP contribution in [-0.2, 0) is 6.42 Å². The summed E-state index contributed by atoms with van der Waals surface area (Å²) in [5.41, 5.74) is 3.85. The monoisotopic (exact) mass is 266 g/mol. The summed E-state index contributed by atoms with van der Waals surface area (Å²) in [4.78, 5) is 28.8. The number of H-pyrrole nitrogens is 2. The second kappa shape index (κ2) is 4.81. The number of aromatic amines is 2. The SMILES string of the molecule is Cc1cccc(CC(=O)c2ccc3[nH]c(=O)[nH]c3c2)c1. The molecule has 3 aromatic rings. The van der Waals surface area contributed by atoms with E-state index in [1.54, 1.807) is 18.2 Å². The smallest absolute Gasteiger partial charge is 0.306 e. The molecule has 0 saturated heterocycles. The summed E-state index contributed by atoms with van der Waals surface area (Å²) in [7, 11) is 0. The molecule has 0 aliphatic rings. The average Bonchev–Trinajstić information content (AvgIpc) is 2.77. The number of aromatic nitrogens is 2. The van der Waals surface area contributed by atoms with Crippen molar-refractivity contribution in [2.45, 2.75) is 13.3 Å². The lowest BCUT2D eigenvalue weighted by atomic mass is 10.0. The third kappa shape index (κ3) is 2.40. The number of carbonyl (C=O) groups is 1. The summed E-state index contributed by atoms with van der Waals surface area (Å²) in [6, 6.07) is 13.1. The minimum atomic E-state index is -0.261. The van der Waals surface area contributed by atoms with Crippen molar-refractivity contribution in [3.05, 3.63) is 69.6 Å². The first-order chi connectivity index (χ1) is 9.61. The van der Waals surface area contributed by atoms with Crippen LogP contribution >= 0.6 is 0 Å². The van der Waals surface area contributed by atoms with Crippen LogP contribution in [0.1, 0.15) is 21.5 Å². The molecule has 20 heavy (non-hydrogen) atoms. The molecule has 3 rings (SSSR count). The van der Waals surface area contributed by atoms with Crippen molar-refractivity contribution in [1.82, 2.24) is 9.97 Å². The summed E-state index contributed by atoms with van der Waals surface area (Å²) in [5, 5.41) is 0. The molecule has 0 radical (unpaired) electrons. The molecule has 0 saturated carbocycles. The minimum Gasteiger partial charge on any atom is -0.306 e. The zero-order valence-corrected chi connectivity index (χ0v) is 11.1. The van der Waals surface area contributed by atoms with Crippen molar-refractivity contribution in [3.63, 3.8) is 0 Å². The summed E-state index contributed by atoms with van der Waals surface area (Å²) in [6.07, 6.45) is 0.363. The van der Waals surface area contributed by atoms with Gasteiger partial charge in [0.15, 0.2) is 5.78 Å². The van der Waals surface area contributed by atoms with Gasteiger partial charge in [-0.1, -0.05) is 29.8 Å². The lowest BCUT2D eigenvalue weighted by molar-refractivity contribution is 0.0993. The number of hydrogen-bond acceptors (Lipinski definition) is 2. The van der Waals surface area contributed by atoms with Gasteiger partial charge >= 0.3 is 5.69 Å². The molecule has 4 nitrogen and oxygen atoms in total. The number of nitrogens with one attached hydrogen (secondary N) is 2. The number of hydrogen-bond donors (Lipinski definition) is 2. The second-order valence-electron chi connectivity index (χ2n) is 4.93. The molecule has 0 spiro atoms. The van der Waals surface area contributed by atoms with E-state index in [9.17, 15) is 9.59 Å². The van der Waals surface area contributed by atoms with Gasteiger partial charge in [-0.05, 0) is 30.7 Å². The van der Waals surface area contributed by atoms with E-state index >= 15 is 0 Å². The first-order valence-corrected chi connectivity index (χ1v) is 6.42. The van der Waals surface area contributed by atoms with Gasteiger partial charge in [-0.3, -0.25) is 4.79 Å². The Labute approximate surface area is 115 Å². The van der Waals surface area contributed by atoms with Crippen molar-refractivity contribution in [2.75, 3.05) is 0 Å². The molecule has 1 aromatic heterocycles. The summed E-state index contributed by atoms with van der Waals surface area (Å²) in [6.45, 7) is 2.00. The molecule has 0 bridgehead atoms. The summed E-state index contributed by atoms with van der Waals surface area (Å²) in [5.74, 6) is 0.0412. The number of benzene rings is 2. The van der Waals surface area contributed by atoms with Crippen molar-refractivity contribution >= 4 is 16.8 Å². The Morgan fingerprint density at radius 1 is 1.05 bits per heavy atom. The number of imidazole rings is 1. The standard InChI is InChI=1S/C16H14N2O2/c1-10-3-2-4-11(7-10)8-15(19)12-5-6-13-14(9-12)18-16(20)17-13/h2-7,9H,8H2,1H3,(H2,17,18,20). The number of carbonyl (C=O) groups excluding carboxylic acids is 1. The highest BCUT2D eigenvalue weighted by Gasteiger charge is 2.09. The third-order valence-corrected chi connectivity index (χ3v) is 3.29. The molecular formula is C16H14N2O2. The Morgan fingerprint density at radius 3 is 2.65 bits per heavy atom. The first-order valence-electron chi connectivity index (χ1n) is 6.42. The van der Waals surface area contributed by atoms with Crippen LogP contribution in [0.15, 0.2) is 47.3 Å². The van der Waals surface area contributed by atoms with E-state index in [0.29, 0.717) is 23.0 Å². The Kier molecular flexibility index (Phi) is 2.99. The van der Waals surface area contributed by atoms with E-state index in [-0.39, 0.29) is 11.5 Å². The number of fused-ring (bicyclic) bond motifs is 1. The molecule has 2 N–H and O–H groups in total. The van der Waals surface area contributed by atoms with Gasteiger partial charge in [0.05, 0.1) is 11.0 Å². The highest BCUT2D eigenvalue weighted by molar-refractivity contribution is 6.00. The normalized spacial score (nSPS) is 10.8. The summed E-state index contributed by atoms with van der Waals surface area (Å²) < 4.78 is 0. The highest BCUT2D eigenvalue weighted by atomic mass is 16.1. The van der Waals surface area contributed by atoms with Crippen molar-refractivity contribution < 1.29 is 4.79 Å². The van der Waals surface area contributed by atoms with Crippen LogP contribution in [0, 0.1) is 6.92 Å². The minimum absolute atomic E-state index is 0.0412. The maximum absolute atomic E-state index is 12.3. The van der Waals surface area contributed by atoms with E-state index in [1.165, 1.54) is 0 Å². The molecule has 1 heterocycles. The highest BCUT2D eigenvalue weighted by Crippen LogP contribution is 2.13. The number of ketones is 1. The zero-order valence-electron chi connectivity index (χ0n) is 11.1. The van der Waals surface area contributed by atoms with Crippen LogP contribution in [0.4, 0.5) is 0 Å². The second-order valence-corrected chi connectivity index (χ2v) is 4.93. The van der Waals surface area contributed by atoms with E-state index in [1.807, 2.05) is 31.2 Å². The van der Waals surface area contributed by atoms with Gasteiger partial charge in [-0.2, -0.15) is 0 Å². The molecule has 2 aromatic carbocycles. The van der Waals surface area contributed by atoms with Crippen molar-refractivity contribution in [2.24, 2.45) is 0 Å². The Bertz CT molecular complexity index is 843. The lowest BCUT2D eigenvalue weighted by Crippen LogP contribution is -2.03. The van der Waals surface area contributed by atoms with Crippen molar-refractivity contribution in [3.8, 4) is 0 Å². The number of rotatable bonds is 3. The predicted octanol–water partition coefficient (Wildman–Crippen LogP) is 2.59. The topological polar surface area (TPSA) is 65.7 Å². The molecule has 0 amide bonds. The lowest BCUT2D eigenvalue weighted by Gasteiger charge is -2.03. The number of Topliss-reactive ketones (excluding diaryl/α,β-unsaturated/α-hetero) is 1. The predicted molar refractivity (Wildman–Crippen MR) is 78.1 cm³/mol. The fourth-order valence-corrected chi connectivity index (χ4v) is 2.32. The fourth-order valence-electron chi connectivity index (χ4n) is 2.32. The molecule has 0 fully saturated rings. The van der Waals surface area contributed by atoms with Gasteiger partial charge in [-0.15, -0.1) is 0 Å². The van der Waals surface area contributed by atoms with E-state index in [0.717, 1.165) is 11.1 Å². The molecule has 4 heteroatoms. The average molecular weight is 266 g/mol. The Hall–Kier alpha value is -2.62. The molecule has 0 aliphatic heterocycles. The molecule has 0 aliphatic carbocycles. The van der Waals surface area contributed by atoms with Gasteiger partial charge < -0.3 is 9.97 Å². The van der Waals surface area contributed by atoms with Gasteiger partial charge in [0.1, 0.15) is 0 Å². The molecule has 0 unspecified atom stereocenters. The van der Waals surface area contributed by atoms with Crippen LogP contribution < -0.4 is 5.69 Å². The maximum atomic E-state index is 12.3. The van der Waals surface area contributed by atoms with Crippen LogP contribution in [0.5, 0.6) is 0 Å². The third-order valence-electron chi connectivity index (χ3n) is 3.29. The van der Waals surface area contributed by atoms with Crippen LogP contribution in [-0.4, -0.2) is 15.8 Å². The Balaban J connectivity index is 1.90. The van der Waals surface area contributed by atoms with Crippen LogP contribution in [0.2, 0.25) is 0 Å². The maximum Gasteiger partial charge on any atom is 0.323 e. The first kappa shape index (κ1) is 12.4. The zero-order chi connectivity index (χ0) is 14.1. The van der Waals surface area contributed by atoms with Crippen LogP contribution in [0.3, 0.4) is 0 Å². The quantitative estimate of drug-likeness (QED) is 0.715. The van der Waals surface area contributed by atoms with Gasteiger partial charge in [-0.25, -0.2) is 4.79 Å². The van der Waals surface area contributed by atoms with Gasteiger partial charge in [0, 0.05) is 12.0 Å². The summed E-state index contributed by atoms with van der Waals surface area (Å²) >= 11 is 0.